The van der Waals surface area contributed by atoms with Gasteiger partial charge in [-0.15, -0.1) is 11.3 Å². The van der Waals surface area contributed by atoms with Crippen molar-refractivity contribution in [1.29, 1.82) is 0 Å². The first-order valence-corrected chi connectivity index (χ1v) is 11.3. The summed E-state index contributed by atoms with van der Waals surface area (Å²) in [7, 11) is 0. The number of hydrogen-bond acceptors (Lipinski definition) is 6. The number of esters is 1. The lowest BCUT2D eigenvalue weighted by molar-refractivity contribution is -0.115. The molecule has 0 saturated heterocycles. The fourth-order valence-corrected chi connectivity index (χ4v) is 4.87. The van der Waals surface area contributed by atoms with Crippen LogP contribution in [0.3, 0.4) is 0 Å². The molecule has 0 unspecified atom stereocenters. The van der Waals surface area contributed by atoms with Crippen LogP contribution in [-0.4, -0.2) is 22.0 Å². The Labute approximate surface area is 196 Å². The van der Waals surface area contributed by atoms with E-state index >= 15 is 0 Å². The molecule has 1 amide bonds. The van der Waals surface area contributed by atoms with Gasteiger partial charge < -0.3 is 9.84 Å². The molecule has 4 rings (SSSR count). The summed E-state index contributed by atoms with van der Waals surface area (Å²) in [6.07, 6.45) is 0. The van der Waals surface area contributed by atoms with Crippen LogP contribution in [0.1, 0.15) is 39.7 Å². The molecule has 3 aromatic carbocycles. The number of amides is 1. The molecule has 6 nitrogen and oxygen atoms in total. The van der Waals surface area contributed by atoms with Crippen LogP contribution in [0.25, 0.3) is 10.8 Å². The molecule has 0 aliphatic carbocycles. The average Bonchev–Trinajstić information content (AvgIpc) is 3.23. The molecular formula is C26H24N2O4S. The predicted molar refractivity (Wildman–Crippen MR) is 130 cm³/mol. The first kappa shape index (κ1) is 22.5. The van der Waals surface area contributed by atoms with Gasteiger partial charge >= 0.3 is 5.97 Å². The zero-order chi connectivity index (χ0) is 23.7. The van der Waals surface area contributed by atoms with Gasteiger partial charge in [0.05, 0.1) is 11.4 Å². The Morgan fingerprint density at radius 3 is 2.45 bits per heavy atom. The molecule has 0 aliphatic heterocycles. The van der Waals surface area contributed by atoms with Crippen molar-refractivity contribution in [1.82, 2.24) is 4.98 Å². The van der Waals surface area contributed by atoms with E-state index in [0.29, 0.717) is 16.2 Å². The highest BCUT2D eigenvalue weighted by atomic mass is 32.1. The number of hydrogen-bond donors (Lipinski definition) is 1. The van der Waals surface area contributed by atoms with Crippen LogP contribution in [0.2, 0.25) is 0 Å². The number of phenolic OH excluding ortho intramolecular Hbond substituents is 1. The van der Waals surface area contributed by atoms with E-state index in [2.05, 4.69) is 4.98 Å². The van der Waals surface area contributed by atoms with E-state index in [1.807, 2.05) is 45.0 Å². The number of carbonyl (C=O) groups excluding carboxylic acids is 2. The molecule has 1 aromatic heterocycles. The standard InChI is InChI=1S/C26H24N2O4S/c1-15-11-16(2)23(17(3)12-15)28(18(4)29)26-27-20(14-33-26)13-32-25(31)22-10-9-19-7-5-6-8-21(19)24(22)30/h5-12,14,30H,13H2,1-4H3. The summed E-state index contributed by atoms with van der Waals surface area (Å²) >= 11 is 1.31. The van der Waals surface area contributed by atoms with Gasteiger partial charge in [-0.2, -0.15) is 0 Å². The van der Waals surface area contributed by atoms with Gasteiger partial charge in [-0.25, -0.2) is 9.78 Å². The summed E-state index contributed by atoms with van der Waals surface area (Å²) < 4.78 is 5.41. The lowest BCUT2D eigenvalue weighted by atomic mass is 10.0. The van der Waals surface area contributed by atoms with E-state index in [1.54, 1.807) is 34.5 Å². The van der Waals surface area contributed by atoms with Crippen LogP contribution in [0.5, 0.6) is 5.75 Å². The van der Waals surface area contributed by atoms with Crippen molar-refractivity contribution in [3.63, 3.8) is 0 Å². The lowest BCUT2D eigenvalue weighted by Crippen LogP contribution is -2.24. The Morgan fingerprint density at radius 2 is 1.76 bits per heavy atom. The number of aryl methyl sites for hydroxylation is 3. The number of thiazole rings is 1. The molecule has 0 bridgehead atoms. The van der Waals surface area contributed by atoms with Gasteiger partial charge in [-0.05, 0) is 43.4 Å². The Bertz CT molecular complexity index is 1350. The third-order valence-electron chi connectivity index (χ3n) is 5.38. The topological polar surface area (TPSA) is 79.7 Å². The molecule has 0 aliphatic rings. The third-order valence-corrected chi connectivity index (χ3v) is 6.25. The summed E-state index contributed by atoms with van der Waals surface area (Å²) in [6.45, 7) is 7.39. The van der Waals surface area contributed by atoms with E-state index in [4.69, 9.17) is 4.74 Å². The van der Waals surface area contributed by atoms with Crippen LogP contribution in [0.15, 0.2) is 53.9 Å². The summed E-state index contributed by atoms with van der Waals surface area (Å²) in [5.41, 5.74) is 4.53. The monoisotopic (exact) mass is 460 g/mol. The Morgan fingerprint density at radius 1 is 1.06 bits per heavy atom. The van der Waals surface area contributed by atoms with Crippen molar-refractivity contribution >= 4 is 44.8 Å². The van der Waals surface area contributed by atoms with E-state index in [1.165, 1.54) is 18.3 Å². The number of aromatic hydroxyl groups is 1. The van der Waals surface area contributed by atoms with Crippen molar-refractivity contribution in [3.8, 4) is 5.75 Å². The molecule has 1 heterocycles. The Kier molecular flexibility index (Phi) is 6.16. The smallest absolute Gasteiger partial charge is 0.342 e. The van der Waals surface area contributed by atoms with Crippen molar-refractivity contribution in [2.75, 3.05) is 4.90 Å². The molecule has 168 valence electrons. The summed E-state index contributed by atoms with van der Waals surface area (Å²) in [4.78, 5) is 31.2. The van der Waals surface area contributed by atoms with Crippen molar-refractivity contribution < 1.29 is 19.4 Å². The summed E-state index contributed by atoms with van der Waals surface area (Å²) in [5, 5.41) is 14.2. The molecule has 0 radical (unpaired) electrons. The van der Waals surface area contributed by atoms with E-state index < -0.39 is 5.97 Å². The van der Waals surface area contributed by atoms with Gasteiger partial charge in [0.15, 0.2) is 5.13 Å². The van der Waals surface area contributed by atoms with E-state index in [0.717, 1.165) is 27.8 Å². The third kappa shape index (κ3) is 4.45. The highest BCUT2D eigenvalue weighted by molar-refractivity contribution is 7.14. The van der Waals surface area contributed by atoms with Crippen LogP contribution in [0, 0.1) is 20.8 Å². The van der Waals surface area contributed by atoms with Gasteiger partial charge in [0.25, 0.3) is 0 Å². The zero-order valence-electron chi connectivity index (χ0n) is 18.9. The minimum Gasteiger partial charge on any atom is -0.506 e. The number of anilines is 2. The first-order chi connectivity index (χ1) is 15.8. The second-order valence-electron chi connectivity index (χ2n) is 7.98. The fraction of sp³-hybridized carbons (Fsp3) is 0.192. The van der Waals surface area contributed by atoms with Gasteiger partial charge in [0.1, 0.15) is 17.9 Å². The number of nitrogens with zero attached hydrogens (tertiary/aromatic N) is 2. The average molecular weight is 461 g/mol. The molecule has 0 atom stereocenters. The molecule has 0 saturated carbocycles. The number of aromatic nitrogens is 1. The molecule has 7 heteroatoms. The Balaban J connectivity index is 1.55. The Hall–Kier alpha value is -3.71. The van der Waals surface area contributed by atoms with Crippen molar-refractivity contribution in [3.05, 3.63) is 81.9 Å². The van der Waals surface area contributed by atoms with E-state index in [-0.39, 0.29) is 23.8 Å². The molecule has 4 aromatic rings. The van der Waals surface area contributed by atoms with Crippen molar-refractivity contribution in [2.24, 2.45) is 0 Å². The van der Waals surface area contributed by atoms with Crippen LogP contribution >= 0.6 is 11.3 Å². The number of phenols is 1. The lowest BCUT2D eigenvalue weighted by Gasteiger charge is -2.23. The molecular weight excluding hydrogens is 436 g/mol. The maximum absolute atomic E-state index is 12.6. The van der Waals surface area contributed by atoms with E-state index in [9.17, 15) is 14.7 Å². The highest BCUT2D eigenvalue weighted by Gasteiger charge is 2.22. The predicted octanol–water partition coefficient (Wildman–Crippen LogP) is 5.97. The van der Waals surface area contributed by atoms with Crippen LogP contribution < -0.4 is 4.90 Å². The van der Waals surface area contributed by atoms with Gasteiger partial charge in [0.2, 0.25) is 5.91 Å². The minimum absolute atomic E-state index is 0.0702. The van der Waals surface area contributed by atoms with Crippen molar-refractivity contribution in [2.45, 2.75) is 34.3 Å². The highest BCUT2D eigenvalue weighted by Crippen LogP contribution is 2.35. The minimum atomic E-state index is -0.638. The number of ether oxygens (including phenoxy) is 1. The SMILES string of the molecule is CC(=O)N(c1nc(COC(=O)c2ccc3ccccc3c2O)cs1)c1c(C)cc(C)cc1C. The van der Waals surface area contributed by atoms with Gasteiger partial charge in [0, 0.05) is 17.7 Å². The second-order valence-corrected chi connectivity index (χ2v) is 8.82. The second kappa shape index (κ2) is 9.03. The molecule has 0 fully saturated rings. The number of benzene rings is 3. The largest absolute Gasteiger partial charge is 0.506 e. The number of fused-ring (bicyclic) bond motifs is 1. The van der Waals surface area contributed by atoms with Crippen LogP contribution in [-0.2, 0) is 16.1 Å². The quantitative estimate of drug-likeness (QED) is 0.371. The normalized spacial score (nSPS) is 10.9. The fourth-order valence-electron chi connectivity index (χ4n) is 4.02. The first-order valence-electron chi connectivity index (χ1n) is 10.5. The molecule has 33 heavy (non-hydrogen) atoms. The number of rotatable bonds is 5. The van der Waals surface area contributed by atoms with Crippen LogP contribution in [0.4, 0.5) is 10.8 Å². The summed E-state index contributed by atoms with van der Waals surface area (Å²) in [6, 6.07) is 14.7. The molecule has 1 N–H and O–H groups in total. The summed E-state index contributed by atoms with van der Waals surface area (Å²) in [5.74, 6) is -0.893. The van der Waals surface area contributed by atoms with Gasteiger partial charge in [-0.1, -0.05) is 48.0 Å². The van der Waals surface area contributed by atoms with Gasteiger partial charge in [-0.3, -0.25) is 9.69 Å². The maximum Gasteiger partial charge on any atom is 0.342 e. The zero-order valence-corrected chi connectivity index (χ0v) is 19.7. The molecule has 0 spiro atoms. The number of carbonyl (C=O) groups is 2. The maximum atomic E-state index is 12.6.